The molecule has 3 aromatic rings. The van der Waals surface area contributed by atoms with Crippen molar-refractivity contribution in [3.05, 3.63) is 77.9 Å². The van der Waals surface area contributed by atoms with Crippen molar-refractivity contribution in [2.24, 2.45) is 0 Å². The van der Waals surface area contributed by atoms with Gasteiger partial charge in [-0.05, 0) is 40.6 Å². The molecule has 1 saturated heterocycles. The first-order valence-electron chi connectivity index (χ1n) is 10.5. The fourth-order valence-corrected chi connectivity index (χ4v) is 3.96. The number of fused-ring (bicyclic) bond motifs is 1. The van der Waals surface area contributed by atoms with Gasteiger partial charge in [-0.15, -0.1) is 0 Å². The minimum absolute atomic E-state index is 0.0380. The van der Waals surface area contributed by atoms with Crippen molar-refractivity contribution < 1.29 is 9.53 Å². The maximum absolute atomic E-state index is 12.9. The molecule has 0 bridgehead atoms. The van der Waals surface area contributed by atoms with E-state index in [1.165, 1.54) is 11.3 Å². The number of nitrogens with one attached hydrogen (secondary N) is 1. The van der Waals surface area contributed by atoms with Crippen LogP contribution in [0.2, 0.25) is 0 Å². The summed E-state index contributed by atoms with van der Waals surface area (Å²) in [7, 11) is 4.08. The van der Waals surface area contributed by atoms with Crippen LogP contribution in [-0.2, 0) is 4.74 Å². The SMILES string of the molecule is CN(C)c1ccc([C@@H](CNC(=O)c2ccc3ccccc3c2)N2CCOCC2)cc1. The molecule has 0 saturated carbocycles. The summed E-state index contributed by atoms with van der Waals surface area (Å²) >= 11 is 0. The highest BCUT2D eigenvalue weighted by atomic mass is 16.5. The number of hydrogen-bond acceptors (Lipinski definition) is 4. The largest absolute Gasteiger partial charge is 0.379 e. The van der Waals surface area contributed by atoms with Gasteiger partial charge in [0.05, 0.1) is 19.3 Å². The second-order valence-corrected chi connectivity index (χ2v) is 7.92. The Morgan fingerprint density at radius 3 is 2.40 bits per heavy atom. The molecule has 5 heteroatoms. The number of rotatable bonds is 6. The predicted octanol–water partition coefficient (Wildman–Crippen LogP) is 3.71. The molecule has 1 fully saturated rings. The van der Waals surface area contributed by atoms with Crippen molar-refractivity contribution in [2.45, 2.75) is 6.04 Å². The summed E-state index contributed by atoms with van der Waals surface area (Å²) < 4.78 is 5.54. The molecule has 156 valence electrons. The molecule has 0 aromatic heterocycles. The molecule has 1 atom stereocenters. The third-order valence-electron chi connectivity index (χ3n) is 5.75. The zero-order valence-corrected chi connectivity index (χ0v) is 17.7. The molecule has 1 amide bonds. The molecular formula is C25H29N3O2. The highest BCUT2D eigenvalue weighted by Crippen LogP contribution is 2.24. The van der Waals surface area contributed by atoms with Gasteiger partial charge >= 0.3 is 0 Å². The van der Waals surface area contributed by atoms with Crippen LogP contribution >= 0.6 is 0 Å². The molecule has 4 rings (SSSR count). The highest BCUT2D eigenvalue weighted by Gasteiger charge is 2.23. The van der Waals surface area contributed by atoms with Crippen LogP contribution in [0.15, 0.2) is 66.7 Å². The number of benzene rings is 3. The molecule has 1 aliphatic heterocycles. The molecule has 0 radical (unpaired) electrons. The highest BCUT2D eigenvalue weighted by molar-refractivity contribution is 5.98. The van der Waals surface area contributed by atoms with Crippen LogP contribution in [0, 0.1) is 0 Å². The Hall–Kier alpha value is -2.89. The van der Waals surface area contributed by atoms with E-state index in [9.17, 15) is 4.79 Å². The molecule has 1 N–H and O–H groups in total. The minimum Gasteiger partial charge on any atom is -0.379 e. The van der Waals surface area contributed by atoms with E-state index in [0.717, 1.165) is 37.1 Å². The molecule has 3 aromatic carbocycles. The Morgan fingerprint density at radius 2 is 1.70 bits per heavy atom. The molecule has 1 aliphatic rings. The average molecular weight is 404 g/mol. The van der Waals surface area contributed by atoms with Crippen molar-refractivity contribution >= 4 is 22.4 Å². The molecule has 0 unspecified atom stereocenters. The van der Waals surface area contributed by atoms with Gasteiger partial charge in [0, 0.05) is 45.0 Å². The van der Waals surface area contributed by atoms with E-state index in [2.05, 4.69) is 45.4 Å². The maximum Gasteiger partial charge on any atom is 0.251 e. The first kappa shape index (κ1) is 20.4. The summed E-state index contributed by atoms with van der Waals surface area (Å²) in [5.41, 5.74) is 3.07. The van der Waals surface area contributed by atoms with E-state index in [1.807, 2.05) is 50.5 Å². The molecule has 5 nitrogen and oxygen atoms in total. The van der Waals surface area contributed by atoms with Gasteiger partial charge in [-0.1, -0.05) is 42.5 Å². The van der Waals surface area contributed by atoms with Crippen molar-refractivity contribution in [2.75, 3.05) is 51.8 Å². The van der Waals surface area contributed by atoms with Crippen LogP contribution in [0.3, 0.4) is 0 Å². The van der Waals surface area contributed by atoms with Crippen LogP contribution in [0.4, 0.5) is 5.69 Å². The second kappa shape index (κ2) is 9.28. The Kier molecular flexibility index (Phi) is 6.31. The van der Waals surface area contributed by atoms with Gasteiger partial charge < -0.3 is 15.0 Å². The van der Waals surface area contributed by atoms with Crippen molar-refractivity contribution in [3.63, 3.8) is 0 Å². The Balaban J connectivity index is 1.51. The van der Waals surface area contributed by atoms with Crippen LogP contribution in [-0.4, -0.2) is 57.8 Å². The van der Waals surface area contributed by atoms with E-state index in [-0.39, 0.29) is 11.9 Å². The summed E-state index contributed by atoms with van der Waals surface area (Å²) in [5.74, 6) is -0.0380. The lowest BCUT2D eigenvalue weighted by Gasteiger charge is -2.35. The minimum atomic E-state index is -0.0380. The summed E-state index contributed by atoms with van der Waals surface area (Å²) in [4.78, 5) is 17.4. The summed E-state index contributed by atoms with van der Waals surface area (Å²) in [6.07, 6.45) is 0. The van der Waals surface area contributed by atoms with Crippen molar-refractivity contribution in [3.8, 4) is 0 Å². The van der Waals surface area contributed by atoms with Gasteiger partial charge in [0.2, 0.25) is 0 Å². The van der Waals surface area contributed by atoms with Gasteiger partial charge in [-0.3, -0.25) is 9.69 Å². The van der Waals surface area contributed by atoms with Gasteiger partial charge in [0.15, 0.2) is 0 Å². The average Bonchev–Trinajstić information content (AvgIpc) is 2.79. The lowest BCUT2D eigenvalue weighted by Crippen LogP contribution is -2.43. The zero-order valence-electron chi connectivity index (χ0n) is 17.7. The van der Waals surface area contributed by atoms with Gasteiger partial charge in [0.1, 0.15) is 0 Å². The second-order valence-electron chi connectivity index (χ2n) is 7.92. The Morgan fingerprint density at radius 1 is 1.00 bits per heavy atom. The standard InChI is InChI=1S/C25H29N3O2/c1-27(2)23-11-9-20(10-12-23)24(28-13-15-30-16-14-28)18-26-25(29)22-8-7-19-5-3-4-6-21(19)17-22/h3-12,17,24H,13-16,18H2,1-2H3,(H,26,29)/t24-/m1/s1. The lowest BCUT2D eigenvalue weighted by atomic mass is 10.0. The Bertz CT molecular complexity index is 995. The third-order valence-corrected chi connectivity index (χ3v) is 5.75. The number of amides is 1. The number of ether oxygens (including phenoxy) is 1. The lowest BCUT2D eigenvalue weighted by molar-refractivity contribution is 0.0162. The molecule has 0 aliphatic carbocycles. The topological polar surface area (TPSA) is 44.8 Å². The smallest absolute Gasteiger partial charge is 0.251 e. The number of morpholine rings is 1. The fourth-order valence-electron chi connectivity index (χ4n) is 3.96. The van der Waals surface area contributed by atoms with E-state index in [1.54, 1.807) is 0 Å². The third kappa shape index (κ3) is 4.64. The molecular weight excluding hydrogens is 374 g/mol. The maximum atomic E-state index is 12.9. The quantitative estimate of drug-likeness (QED) is 0.682. The number of carbonyl (C=O) groups excluding carboxylic acids is 1. The van der Waals surface area contributed by atoms with Crippen molar-refractivity contribution in [1.82, 2.24) is 10.2 Å². The molecule has 30 heavy (non-hydrogen) atoms. The van der Waals surface area contributed by atoms with E-state index < -0.39 is 0 Å². The number of hydrogen-bond donors (Lipinski definition) is 1. The monoisotopic (exact) mass is 403 g/mol. The first-order chi connectivity index (χ1) is 14.6. The zero-order chi connectivity index (χ0) is 20.9. The van der Waals surface area contributed by atoms with Gasteiger partial charge in [-0.25, -0.2) is 0 Å². The number of anilines is 1. The molecule has 0 spiro atoms. The van der Waals surface area contributed by atoms with E-state index >= 15 is 0 Å². The summed E-state index contributed by atoms with van der Waals surface area (Å²) in [6.45, 7) is 3.75. The van der Waals surface area contributed by atoms with Gasteiger partial charge in [0.25, 0.3) is 5.91 Å². The molecule has 1 heterocycles. The summed E-state index contributed by atoms with van der Waals surface area (Å²) in [5, 5.41) is 5.38. The number of carbonyl (C=O) groups is 1. The van der Waals surface area contributed by atoms with E-state index in [4.69, 9.17) is 4.74 Å². The Labute approximate surface area is 178 Å². The van der Waals surface area contributed by atoms with Crippen LogP contribution < -0.4 is 10.2 Å². The normalized spacial score (nSPS) is 15.7. The van der Waals surface area contributed by atoms with Crippen LogP contribution in [0.5, 0.6) is 0 Å². The number of nitrogens with zero attached hydrogens (tertiary/aromatic N) is 2. The van der Waals surface area contributed by atoms with Gasteiger partial charge in [-0.2, -0.15) is 0 Å². The first-order valence-corrected chi connectivity index (χ1v) is 10.5. The van der Waals surface area contributed by atoms with Crippen LogP contribution in [0.25, 0.3) is 10.8 Å². The van der Waals surface area contributed by atoms with Crippen molar-refractivity contribution in [1.29, 1.82) is 0 Å². The van der Waals surface area contributed by atoms with E-state index in [0.29, 0.717) is 12.1 Å². The van der Waals surface area contributed by atoms with Crippen LogP contribution in [0.1, 0.15) is 22.0 Å². The summed E-state index contributed by atoms with van der Waals surface area (Å²) in [6, 6.07) is 22.7. The fraction of sp³-hybridized carbons (Fsp3) is 0.320. The predicted molar refractivity (Wildman–Crippen MR) is 122 cm³/mol.